The van der Waals surface area contributed by atoms with Crippen LogP contribution in [-0.4, -0.2) is 117 Å². The molecule has 10 aliphatic carbocycles. The van der Waals surface area contributed by atoms with E-state index in [1.54, 1.807) is 0 Å². The lowest BCUT2D eigenvalue weighted by molar-refractivity contribution is -0.313. The number of piperidine rings is 2. The lowest BCUT2D eigenvalue weighted by atomic mass is 9.33. The van der Waals surface area contributed by atoms with Gasteiger partial charge in [-0.2, -0.15) is 0 Å². The molecule has 14 atom stereocenters. The highest BCUT2D eigenvalue weighted by atomic mass is 16.6. The third-order valence-electron chi connectivity index (χ3n) is 24.4. The Morgan fingerprint density at radius 1 is 0.609 bits per heavy atom. The zero-order valence-corrected chi connectivity index (χ0v) is 43.7. The van der Waals surface area contributed by atoms with Gasteiger partial charge in [0, 0.05) is 84.0 Å². The molecule has 4 N–H and O–H groups in total. The van der Waals surface area contributed by atoms with Crippen LogP contribution in [0.3, 0.4) is 0 Å². The molecule has 8 bridgehead atoms. The number of methoxy groups -OCH3 is 2. The van der Waals surface area contributed by atoms with Gasteiger partial charge in [-0.25, -0.2) is 0 Å². The number of likely N-dealkylation sites (tertiary alicyclic amines) is 2. The largest absolute Gasteiger partial charge is 0.504 e. The predicted octanol–water partition coefficient (Wildman–Crippen LogP) is 9.22. The van der Waals surface area contributed by atoms with Crippen LogP contribution in [0.15, 0.2) is 24.3 Å². The molecule has 0 radical (unpaired) electrons. The number of hydrogen-bond acceptors (Lipinski definition) is 10. The molecule has 10 fully saturated rings. The van der Waals surface area contributed by atoms with Crippen molar-refractivity contribution in [3.8, 4) is 23.0 Å². The highest BCUT2D eigenvalue weighted by Crippen LogP contribution is 2.80. The highest BCUT2D eigenvalue weighted by Gasteiger charge is 2.84. The Morgan fingerprint density at radius 3 is 1.41 bits per heavy atom. The van der Waals surface area contributed by atoms with Crippen LogP contribution >= 0.6 is 0 Å². The fraction of sp³-hybridized carbons (Fsp3) is 0.797. The van der Waals surface area contributed by atoms with Gasteiger partial charge in [-0.15, -0.1) is 0 Å². The van der Waals surface area contributed by atoms with Crippen LogP contribution in [-0.2, 0) is 33.1 Å². The summed E-state index contributed by atoms with van der Waals surface area (Å²) in [5.74, 6) is 3.62. The van der Waals surface area contributed by atoms with E-state index in [1.165, 1.54) is 61.0 Å². The number of hydrogen-bond donors (Lipinski definition) is 4. The van der Waals surface area contributed by atoms with E-state index >= 15 is 0 Å². The van der Waals surface area contributed by atoms with Gasteiger partial charge in [-0.3, -0.25) is 9.80 Å². The summed E-state index contributed by atoms with van der Waals surface area (Å²) in [5, 5.41) is 46.5. The normalized spacial score (nSPS) is 43.4. The summed E-state index contributed by atoms with van der Waals surface area (Å²) in [5.41, 5.74) is 1.62. The van der Waals surface area contributed by atoms with Crippen LogP contribution in [0.4, 0.5) is 0 Å². The third kappa shape index (κ3) is 5.31. The number of ether oxygens (including phenoxy) is 4. The number of benzene rings is 2. The molecule has 10 nitrogen and oxygen atoms in total. The van der Waals surface area contributed by atoms with Gasteiger partial charge in [-0.1, -0.05) is 53.7 Å². The van der Waals surface area contributed by atoms with Crippen molar-refractivity contribution < 1.29 is 39.4 Å². The Kier molecular flexibility index (Phi) is 9.48. The van der Waals surface area contributed by atoms with E-state index in [0.29, 0.717) is 23.6 Å². The SMILES string of the molecule is CCC(C)(C)[C@@](C)(O)[C@H]1C[C@@]23CC[C@]1(OC)C1Oc4c(O)ccc5c4[C@@]12CCN(CC1CC1)[C@@H]3C5.CO[C@]12CC[C@@]3(C[C@@H]1[C@](C)(O)C(C)(C)C)[C@H]1Cc4ccc(O)c5c4[C@@]3(CCN1CC1CC1)C2O5. The van der Waals surface area contributed by atoms with Crippen LogP contribution in [0.25, 0.3) is 0 Å². The number of nitrogens with zero attached hydrogens (tertiary/aromatic N) is 2. The number of rotatable bonds is 10. The molecule has 0 amide bonds. The van der Waals surface area contributed by atoms with Gasteiger partial charge in [-0.05, 0) is 169 Å². The van der Waals surface area contributed by atoms with Gasteiger partial charge < -0.3 is 39.4 Å². The molecule has 2 aromatic carbocycles. The molecule has 2 unspecified atom stereocenters. The van der Waals surface area contributed by atoms with Crippen molar-refractivity contribution in [1.29, 1.82) is 0 Å². The Labute approximate surface area is 412 Å². The summed E-state index contributed by atoms with van der Waals surface area (Å²) < 4.78 is 27.0. The minimum atomic E-state index is -0.909. The first-order valence-electron chi connectivity index (χ1n) is 27.7. The molecule has 14 aliphatic rings. The number of phenols is 2. The maximum atomic E-state index is 12.4. The first kappa shape index (κ1) is 46.2. The lowest BCUT2D eigenvalue weighted by Crippen LogP contribution is -2.83. The van der Waals surface area contributed by atoms with E-state index in [4.69, 9.17) is 18.9 Å². The molecular weight excluding hydrogens is 865 g/mol. The summed E-state index contributed by atoms with van der Waals surface area (Å²) in [6, 6.07) is 8.93. The van der Waals surface area contributed by atoms with E-state index in [-0.39, 0.29) is 68.0 Å². The molecular formula is C59H84N2O8. The Hall–Kier alpha value is -2.60. The molecule has 4 heterocycles. The summed E-state index contributed by atoms with van der Waals surface area (Å²) in [4.78, 5) is 5.65. The second kappa shape index (κ2) is 14.2. The molecule has 69 heavy (non-hydrogen) atoms. The fourth-order valence-corrected chi connectivity index (χ4v) is 19.5. The quantitative estimate of drug-likeness (QED) is 0.183. The Morgan fingerprint density at radius 2 is 1.03 bits per heavy atom. The second-order valence-corrected chi connectivity index (χ2v) is 27.6. The summed E-state index contributed by atoms with van der Waals surface area (Å²) in [6.07, 6.45) is 16.2. The van der Waals surface area contributed by atoms with Crippen molar-refractivity contribution in [1.82, 2.24) is 9.80 Å². The average molecular weight is 949 g/mol. The van der Waals surface area contributed by atoms with Crippen LogP contribution in [0.2, 0.25) is 0 Å². The minimum absolute atomic E-state index is 0.0248. The minimum Gasteiger partial charge on any atom is -0.504 e. The molecule has 2 saturated heterocycles. The van der Waals surface area contributed by atoms with Gasteiger partial charge in [0.1, 0.15) is 23.4 Å². The molecule has 378 valence electrons. The molecule has 4 aliphatic heterocycles. The fourth-order valence-electron chi connectivity index (χ4n) is 19.5. The highest BCUT2D eigenvalue weighted by molar-refractivity contribution is 5.65. The van der Waals surface area contributed by atoms with Crippen molar-refractivity contribution in [3.05, 3.63) is 46.5 Å². The number of aromatic hydroxyl groups is 2. The molecule has 8 saturated carbocycles. The van der Waals surface area contributed by atoms with Gasteiger partial charge in [0.15, 0.2) is 23.0 Å². The van der Waals surface area contributed by atoms with E-state index in [2.05, 4.69) is 70.4 Å². The first-order chi connectivity index (χ1) is 32.6. The molecule has 4 spiro atoms. The molecule has 2 aromatic rings. The topological polar surface area (TPSA) is 124 Å². The number of aliphatic hydroxyl groups is 2. The van der Waals surface area contributed by atoms with Crippen LogP contribution < -0.4 is 9.47 Å². The summed E-state index contributed by atoms with van der Waals surface area (Å²) >= 11 is 0. The predicted molar refractivity (Wildman–Crippen MR) is 265 cm³/mol. The number of fused-ring (bicyclic) bond motifs is 4. The van der Waals surface area contributed by atoms with Crippen LogP contribution in [0, 0.1) is 45.3 Å². The maximum absolute atomic E-state index is 12.4. The van der Waals surface area contributed by atoms with E-state index in [9.17, 15) is 20.4 Å². The summed E-state index contributed by atoms with van der Waals surface area (Å²) in [6.45, 7) is 21.8. The van der Waals surface area contributed by atoms with E-state index in [0.717, 1.165) is 95.6 Å². The maximum Gasteiger partial charge on any atom is 0.165 e. The van der Waals surface area contributed by atoms with Crippen LogP contribution in [0.1, 0.15) is 161 Å². The van der Waals surface area contributed by atoms with Gasteiger partial charge >= 0.3 is 0 Å². The van der Waals surface area contributed by atoms with Crippen LogP contribution in [0.5, 0.6) is 23.0 Å². The smallest absolute Gasteiger partial charge is 0.165 e. The van der Waals surface area contributed by atoms with Gasteiger partial charge in [0.05, 0.1) is 11.2 Å². The molecule has 16 rings (SSSR count). The first-order valence-corrected chi connectivity index (χ1v) is 27.7. The lowest BCUT2D eigenvalue weighted by Gasteiger charge is -2.75. The molecule has 10 heteroatoms. The standard InChI is InChI=1S/C30H43NO4.C29H41NO4/c1-6-26(2,3)27(4,33)21-16-28-11-12-30(21,34-5)25-29(28)13-14-31(17-18-7-8-18)22(28)15-19-9-10-20(32)24(35-25)23(19)29;1-25(2,3)26(4,32)20-15-27-10-11-29(20,33-5)24-28(27)12-13-30(16-17-6-7-17)21(27)14-18-8-9-19(31)23(34-24)22(18)28/h9-10,18,21-22,25,32-33H,6-8,11-17H2,1-5H3;8-9,17,20-21,24,31-32H,6-7,10-16H2,1-5H3/t21-,22-,25?,27+,28-,29+,30-;20-,21-,24?,26+,27-,28+,29-/m11/s1. The van der Waals surface area contributed by atoms with Crippen molar-refractivity contribution in [2.45, 2.75) is 209 Å². The van der Waals surface area contributed by atoms with E-state index in [1.807, 2.05) is 33.3 Å². The van der Waals surface area contributed by atoms with Gasteiger partial charge in [0.25, 0.3) is 0 Å². The van der Waals surface area contributed by atoms with Crippen molar-refractivity contribution in [2.24, 2.45) is 45.3 Å². The molecule has 0 aromatic heterocycles. The Bertz CT molecular complexity index is 2470. The van der Waals surface area contributed by atoms with E-state index < -0.39 is 22.4 Å². The van der Waals surface area contributed by atoms with Crippen molar-refractivity contribution in [2.75, 3.05) is 40.4 Å². The zero-order chi connectivity index (χ0) is 48.5. The zero-order valence-electron chi connectivity index (χ0n) is 43.7. The van der Waals surface area contributed by atoms with Gasteiger partial charge in [0.2, 0.25) is 0 Å². The third-order valence-corrected chi connectivity index (χ3v) is 24.4. The monoisotopic (exact) mass is 949 g/mol. The number of phenolic OH excluding ortho intramolecular Hbond substituents is 2. The van der Waals surface area contributed by atoms with Crippen molar-refractivity contribution in [3.63, 3.8) is 0 Å². The average Bonchev–Trinajstić information content (AvgIpc) is 4.25. The Balaban J connectivity index is 0.000000136. The summed E-state index contributed by atoms with van der Waals surface area (Å²) in [7, 11) is 3.67. The van der Waals surface area contributed by atoms with Crippen molar-refractivity contribution >= 4 is 0 Å². The second-order valence-electron chi connectivity index (χ2n) is 27.6.